The molecule has 2 aromatic rings. The van der Waals surface area contributed by atoms with Gasteiger partial charge in [-0.15, -0.1) is 0 Å². The number of hydrogen-bond donors (Lipinski definition) is 1. The van der Waals surface area contributed by atoms with Crippen LogP contribution in [0.5, 0.6) is 0 Å². The van der Waals surface area contributed by atoms with Gasteiger partial charge in [0.05, 0.1) is 12.2 Å². The Bertz CT molecular complexity index is 927. The van der Waals surface area contributed by atoms with E-state index < -0.39 is 17.7 Å². The average molecular weight is 396 g/mol. The summed E-state index contributed by atoms with van der Waals surface area (Å²) in [6, 6.07) is 7.56. The molecule has 6 heteroatoms. The van der Waals surface area contributed by atoms with Crippen LogP contribution in [0, 0.1) is 13.8 Å². The Morgan fingerprint density at radius 1 is 1.14 bits per heavy atom. The molecule has 154 valence electrons. The summed E-state index contributed by atoms with van der Waals surface area (Å²) in [4.78, 5) is 43.5. The van der Waals surface area contributed by atoms with E-state index in [1.807, 2.05) is 38.1 Å². The number of aryl methyl sites for hydroxylation is 2. The number of carbonyl (C=O) groups excluding carboxylic acids is 3. The van der Waals surface area contributed by atoms with E-state index in [-0.39, 0.29) is 18.3 Å². The second-order valence-electron chi connectivity index (χ2n) is 7.63. The fourth-order valence-electron chi connectivity index (χ4n) is 3.90. The number of carbonyl (C=O) groups is 3. The molecule has 0 aliphatic carbocycles. The van der Waals surface area contributed by atoms with Crippen molar-refractivity contribution in [3.05, 3.63) is 46.8 Å². The van der Waals surface area contributed by atoms with E-state index in [0.29, 0.717) is 28.9 Å². The van der Waals surface area contributed by atoms with E-state index in [0.717, 1.165) is 24.8 Å². The van der Waals surface area contributed by atoms with Crippen LogP contribution in [0.25, 0.3) is 11.1 Å². The number of aromatic amines is 1. The standard InChI is InChI=1S/C23H28N2O4/c1-5-29-23(28)18-16(4)24-20(19(18)17-11-9-14(2)10-12-17)21(26)22(27)25-13-7-6-8-15(25)3/h9-12,15,24H,5-8,13H2,1-4H3/t15-/m1/s1. The van der Waals surface area contributed by atoms with Gasteiger partial charge in [0.15, 0.2) is 0 Å². The van der Waals surface area contributed by atoms with E-state index in [1.54, 1.807) is 18.7 Å². The molecule has 1 aliphatic heterocycles. The van der Waals surface area contributed by atoms with Crippen molar-refractivity contribution in [1.29, 1.82) is 0 Å². The predicted molar refractivity (Wildman–Crippen MR) is 111 cm³/mol. The van der Waals surface area contributed by atoms with Crippen LogP contribution >= 0.6 is 0 Å². The maximum Gasteiger partial charge on any atom is 0.340 e. The number of ketones is 1. The van der Waals surface area contributed by atoms with Crippen LogP contribution < -0.4 is 0 Å². The molecule has 1 aliphatic rings. The van der Waals surface area contributed by atoms with Gasteiger partial charge in [-0.25, -0.2) is 4.79 Å². The summed E-state index contributed by atoms with van der Waals surface area (Å²) >= 11 is 0. The first-order chi connectivity index (χ1) is 13.8. The van der Waals surface area contributed by atoms with E-state index >= 15 is 0 Å². The number of Topliss-reactive ketones (excluding diaryl/α,β-unsaturated/α-hetero) is 1. The molecular weight excluding hydrogens is 368 g/mol. The van der Waals surface area contributed by atoms with Gasteiger partial charge in [0, 0.05) is 23.8 Å². The Balaban J connectivity index is 2.09. The normalized spacial score (nSPS) is 16.6. The number of esters is 1. The lowest BCUT2D eigenvalue weighted by Crippen LogP contribution is -2.45. The van der Waals surface area contributed by atoms with Crippen LogP contribution in [0.3, 0.4) is 0 Å². The zero-order valence-corrected chi connectivity index (χ0v) is 17.5. The van der Waals surface area contributed by atoms with Crippen molar-refractivity contribution in [2.75, 3.05) is 13.2 Å². The number of rotatable bonds is 5. The van der Waals surface area contributed by atoms with E-state index in [1.165, 1.54) is 0 Å². The summed E-state index contributed by atoms with van der Waals surface area (Å²) < 4.78 is 5.22. The van der Waals surface area contributed by atoms with Crippen LogP contribution in [-0.2, 0) is 9.53 Å². The van der Waals surface area contributed by atoms with Gasteiger partial charge in [0.1, 0.15) is 5.69 Å². The molecule has 1 N–H and O–H groups in total. The van der Waals surface area contributed by atoms with Crippen molar-refractivity contribution in [3.63, 3.8) is 0 Å². The number of ether oxygens (including phenoxy) is 1. The topological polar surface area (TPSA) is 79.5 Å². The van der Waals surface area contributed by atoms with Crippen LogP contribution in [0.15, 0.2) is 24.3 Å². The molecule has 1 saturated heterocycles. The molecule has 3 rings (SSSR count). The Morgan fingerprint density at radius 3 is 2.45 bits per heavy atom. The molecule has 0 saturated carbocycles. The van der Waals surface area contributed by atoms with Gasteiger partial charge >= 0.3 is 5.97 Å². The second kappa shape index (κ2) is 8.64. The van der Waals surface area contributed by atoms with E-state index in [4.69, 9.17) is 4.74 Å². The van der Waals surface area contributed by atoms with Crippen LogP contribution in [0.4, 0.5) is 0 Å². The summed E-state index contributed by atoms with van der Waals surface area (Å²) in [5.41, 5.74) is 3.16. The highest BCUT2D eigenvalue weighted by atomic mass is 16.5. The number of H-pyrrole nitrogens is 1. The molecule has 1 aromatic heterocycles. The lowest BCUT2D eigenvalue weighted by Gasteiger charge is -2.32. The summed E-state index contributed by atoms with van der Waals surface area (Å²) in [5.74, 6) is -1.65. The van der Waals surface area contributed by atoms with Crippen molar-refractivity contribution in [1.82, 2.24) is 9.88 Å². The summed E-state index contributed by atoms with van der Waals surface area (Å²) in [5, 5.41) is 0. The third-order valence-corrected chi connectivity index (χ3v) is 5.49. The minimum atomic E-state index is -0.618. The van der Waals surface area contributed by atoms with Crippen molar-refractivity contribution >= 4 is 17.7 Å². The molecule has 0 unspecified atom stereocenters. The Morgan fingerprint density at radius 2 is 1.83 bits per heavy atom. The number of piperidine rings is 1. The third kappa shape index (κ3) is 4.11. The summed E-state index contributed by atoms with van der Waals surface area (Å²) in [6.07, 6.45) is 2.84. The highest BCUT2D eigenvalue weighted by Gasteiger charge is 2.34. The number of amides is 1. The van der Waals surface area contributed by atoms with E-state index in [9.17, 15) is 14.4 Å². The summed E-state index contributed by atoms with van der Waals surface area (Å²) in [7, 11) is 0. The van der Waals surface area contributed by atoms with Crippen LogP contribution in [0.2, 0.25) is 0 Å². The van der Waals surface area contributed by atoms with Crippen molar-refractivity contribution in [2.24, 2.45) is 0 Å². The number of hydrogen-bond acceptors (Lipinski definition) is 4. The molecule has 1 amide bonds. The lowest BCUT2D eigenvalue weighted by molar-refractivity contribution is -0.129. The number of nitrogens with zero attached hydrogens (tertiary/aromatic N) is 1. The first kappa shape index (κ1) is 20.8. The highest BCUT2D eigenvalue weighted by Crippen LogP contribution is 2.32. The first-order valence-electron chi connectivity index (χ1n) is 10.2. The SMILES string of the molecule is CCOC(=O)c1c(C)[nH]c(C(=O)C(=O)N2CCCC[C@H]2C)c1-c1ccc(C)cc1. The van der Waals surface area contributed by atoms with Gasteiger partial charge in [-0.05, 0) is 52.5 Å². The molecular formula is C23H28N2O4. The van der Waals surface area contributed by atoms with Crippen LogP contribution in [-0.4, -0.2) is 46.7 Å². The molecule has 2 heterocycles. The molecule has 0 bridgehead atoms. The summed E-state index contributed by atoms with van der Waals surface area (Å²) in [6.45, 7) is 8.19. The molecule has 0 spiro atoms. The third-order valence-electron chi connectivity index (χ3n) is 5.49. The number of aromatic nitrogens is 1. The molecule has 1 atom stereocenters. The number of likely N-dealkylation sites (tertiary alicyclic amines) is 1. The maximum atomic E-state index is 13.2. The molecule has 1 aromatic carbocycles. The molecule has 0 radical (unpaired) electrons. The van der Waals surface area contributed by atoms with Gasteiger partial charge in [-0.3, -0.25) is 9.59 Å². The Labute approximate surface area is 171 Å². The number of nitrogens with one attached hydrogen (secondary N) is 1. The van der Waals surface area contributed by atoms with Gasteiger partial charge in [0.2, 0.25) is 0 Å². The minimum Gasteiger partial charge on any atom is -0.462 e. The fourth-order valence-corrected chi connectivity index (χ4v) is 3.90. The zero-order chi connectivity index (χ0) is 21.1. The van der Waals surface area contributed by atoms with Crippen molar-refractivity contribution < 1.29 is 19.1 Å². The Kier molecular flexibility index (Phi) is 6.20. The molecule has 1 fully saturated rings. The van der Waals surface area contributed by atoms with Gasteiger partial charge in [0.25, 0.3) is 11.7 Å². The van der Waals surface area contributed by atoms with Crippen molar-refractivity contribution in [2.45, 2.75) is 53.0 Å². The second-order valence-corrected chi connectivity index (χ2v) is 7.63. The smallest absolute Gasteiger partial charge is 0.340 e. The fraction of sp³-hybridized carbons (Fsp3) is 0.435. The van der Waals surface area contributed by atoms with E-state index in [2.05, 4.69) is 4.98 Å². The van der Waals surface area contributed by atoms with Gasteiger partial charge in [-0.1, -0.05) is 29.8 Å². The minimum absolute atomic E-state index is 0.0311. The van der Waals surface area contributed by atoms with Crippen molar-refractivity contribution in [3.8, 4) is 11.1 Å². The quantitative estimate of drug-likeness (QED) is 0.470. The van der Waals surface area contributed by atoms with Crippen LogP contribution in [0.1, 0.15) is 65.2 Å². The zero-order valence-electron chi connectivity index (χ0n) is 17.5. The lowest BCUT2D eigenvalue weighted by atomic mass is 9.96. The largest absolute Gasteiger partial charge is 0.462 e. The van der Waals surface area contributed by atoms with Gasteiger partial charge < -0.3 is 14.6 Å². The predicted octanol–water partition coefficient (Wildman–Crippen LogP) is 4.06. The molecule has 29 heavy (non-hydrogen) atoms. The highest BCUT2D eigenvalue weighted by molar-refractivity contribution is 6.43. The maximum absolute atomic E-state index is 13.2. The monoisotopic (exact) mass is 396 g/mol. The first-order valence-corrected chi connectivity index (χ1v) is 10.2. The average Bonchev–Trinajstić information content (AvgIpc) is 3.05. The van der Waals surface area contributed by atoms with Gasteiger partial charge in [-0.2, -0.15) is 0 Å². The molecule has 6 nitrogen and oxygen atoms in total. The number of benzene rings is 1. The Hall–Kier alpha value is -2.89.